The lowest BCUT2D eigenvalue weighted by atomic mass is 9.99. The third kappa shape index (κ3) is 4.59. The lowest BCUT2D eigenvalue weighted by Gasteiger charge is -2.10. The SMILES string of the molecule is CC[C@H](C)c1ccc(NC(=O)CSc2nnc(-c3ccccc3F)n2C)cc1. The van der Waals surface area contributed by atoms with Crippen LogP contribution < -0.4 is 5.32 Å². The minimum Gasteiger partial charge on any atom is -0.325 e. The summed E-state index contributed by atoms with van der Waals surface area (Å²) >= 11 is 1.26. The van der Waals surface area contributed by atoms with Gasteiger partial charge in [-0.05, 0) is 42.2 Å². The van der Waals surface area contributed by atoms with Crippen molar-refractivity contribution in [2.45, 2.75) is 31.3 Å². The average molecular weight is 399 g/mol. The molecule has 1 aromatic heterocycles. The second-order valence-electron chi connectivity index (χ2n) is 6.61. The van der Waals surface area contributed by atoms with Crippen LogP contribution in [0.2, 0.25) is 0 Å². The van der Waals surface area contributed by atoms with Gasteiger partial charge in [0.25, 0.3) is 0 Å². The number of nitrogens with zero attached hydrogens (tertiary/aromatic N) is 3. The molecule has 28 heavy (non-hydrogen) atoms. The maximum Gasteiger partial charge on any atom is 0.234 e. The van der Waals surface area contributed by atoms with Gasteiger partial charge in [-0.1, -0.05) is 49.9 Å². The fraction of sp³-hybridized carbons (Fsp3) is 0.286. The summed E-state index contributed by atoms with van der Waals surface area (Å²) in [6.07, 6.45) is 1.08. The molecule has 0 aliphatic rings. The average Bonchev–Trinajstić information content (AvgIpc) is 3.07. The van der Waals surface area contributed by atoms with E-state index in [4.69, 9.17) is 0 Å². The van der Waals surface area contributed by atoms with Gasteiger partial charge in [0, 0.05) is 12.7 Å². The molecule has 0 bridgehead atoms. The Morgan fingerprint density at radius 2 is 1.89 bits per heavy atom. The molecule has 3 rings (SSSR count). The zero-order valence-electron chi connectivity index (χ0n) is 16.1. The predicted octanol–water partition coefficient (Wildman–Crippen LogP) is 4.87. The monoisotopic (exact) mass is 398 g/mol. The Morgan fingerprint density at radius 3 is 2.57 bits per heavy atom. The van der Waals surface area contributed by atoms with Gasteiger partial charge in [0.2, 0.25) is 5.91 Å². The Bertz CT molecular complexity index is 955. The van der Waals surface area contributed by atoms with Crippen LogP contribution in [0.15, 0.2) is 53.7 Å². The summed E-state index contributed by atoms with van der Waals surface area (Å²) in [5, 5.41) is 11.6. The van der Waals surface area contributed by atoms with Crippen LogP contribution in [-0.4, -0.2) is 26.4 Å². The molecule has 5 nitrogen and oxygen atoms in total. The van der Waals surface area contributed by atoms with Crippen molar-refractivity contribution in [3.63, 3.8) is 0 Å². The first-order chi connectivity index (χ1) is 13.5. The van der Waals surface area contributed by atoms with Crippen LogP contribution in [-0.2, 0) is 11.8 Å². The van der Waals surface area contributed by atoms with E-state index in [1.807, 2.05) is 24.3 Å². The number of benzene rings is 2. The van der Waals surface area contributed by atoms with Gasteiger partial charge < -0.3 is 9.88 Å². The number of carbonyl (C=O) groups is 1. The third-order valence-electron chi connectivity index (χ3n) is 4.66. The molecule has 0 aliphatic carbocycles. The number of anilines is 1. The second kappa shape index (κ2) is 9.01. The molecule has 0 saturated carbocycles. The van der Waals surface area contributed by atoms with Crippen LogP contribution in [0.1, 0.15) is 31.7 Å². The summed E-state index contributed by atoms with van der Waals surface area (Å²) in [7, 11) is 1.76. The number of rotatable bonds is 7. The number of nitrogens with one attached hydrogen (secondary N) is 1. The fourth-order valence-corrected chi connectivity index (χ4v) is 3.49. The molecule has 0 radical (unpaired) electrons. The molecule has 7 heteroatoms. The van der Waals surface area contributed by atoms with Crippen LogP contribution in [0.5, 0.6) is 0 Å². The van der Waals surface area contributed by atoms with E-state index in [1.165, 1.54) is 23.4 Å². The van der Waals surface area contributed by atoms with Crippen LogP contribution in [0, 0.1) is 5.82 Å². The van der Waals surface area contributed by atoms with E-state index in [0.29, 0.717) is 22.5 Å². The highest BCUT2D eigenvalue weighted by atomic mass is 32.2. The van der Waals surface area contributed by atoms with Gasteiger partial charge in [-0.3, -0.25) is 4.79 Å². The molecule has 3 aromatic rings. The van der Waals surface area contributed by atoms with Gasteiger partial charge in [-0.15, -0.1) is 10.2 Å². The standard InChI is InChI=1S/C21H23FN4OS/c1-4-14(2)15-9-11-16(12-10-15)23-19(27)13-28-21-25-24-20(26(21)3)17-7-5-6-8-18(17)22/h5-12,14H,4,13H2,1-3H3,(H,23,27)/t14-/m0/s1. The molecule has 1 atom stereocenters. The molecule has 2 aromatic carbocycles. The van der Waals surface area contributed by atoms with Crippen molar-refractivity contribution >= 4 is 23.4 Å². The molecule has 0 aliphatic heterocycles. The van der Waals surface area contributed by atoms with Crippen molar-refractivity contribution in [2.75, 3.05) is 11.1 Å². The molecule has 1 heterocycles. The number of hydrogen-bond donors (Lipinski definition) is 1. The number of thioether (sulfide) groups is 1. The van der Waals surface area contributed by atoms with Crippen molar-refractivity contribution < 1.29 is 9.18 Å². The summed E-state index contributed by atoms with van der Waals surface area (Å²) in [6.45, 7) is 4.34. The maximum absolute atomic E-state index is 14.0. The van der Waals surface area contributed by atoms with Gasteiger partial charge >= 0.3 is 0 Å². The van der Waals surface area contributed by atoms with Crippen molar-refractivity contribution in [3.8, 4) is 11.4 Å². The van der Waals surface area contributed by atoms with E-state index in [1.54, 1.807) is 29.8 Å². The van der Waals surface area contributed by atoms with Crippen molar-refractivity contribution in [1.82, 2.24) is 14.8 Å². The highest BCUT2D eigenvalue weighted by molar-refractivity contribution is 7.99. The molecule has 0 unspecified atom stereocenters. The first-order valence-electron chi connectivity index (χ1n) is 9.16. The Morgan fingerprint density at radius 1 is 1.18 bits per heavy atom. The van der Waals surface area contributed by atoms with Crippen LogP contribution in [0.25, 0.3) is 11.4 Å². The zero-order chi connectivity index (χ0) is 20.1. The fourth-order valence-electron chi connectivity index (χ4n) is 2.78. The zero-order valence-corrected chi connectivity index (χ0v) is 17.0. The van der Waals surface area contributed by atoms with E-state index in [9.17, 15) is 9.18 Å². The third-order valence-corrected chi connectivity index (χ3v) is 5.68. The first-order valence-corrected chi connectivity index (χ1v) is 10.1. The summed E-state index contributed by atoms with van der Waals surface area (Å²) in [5.74, 6) is 0.641. The topological polar surface area (TPSA) is 59.8 Å². The summed E-state index contributed by atoms with van der Waals surface area (Å²) < 4.78 is 15.7. The van der Waals surface area contributed by atoms with Gasteiger partial charge in [0.15, 0.2) is 11.0 Å². The number of amides is 1. The van der Waals surface area contributed by atoms with Gasteiger partial charge in [-0.2, -0.15) is 0 Å². The van der Waals surface area contributed by atoms with Crippen LogP contribution in [0.4, 0.5) is 10.1 Å². The smallest absolute Gasteiger partial charge is 0.234 e. The molecule has 0 spiro atoms. The van der Waals surface area contributed by atoms with E-state index < -0.39 is 0 Å². The number of aromatic nitrogens is 3. The number of hydrogen-bond acceptors (Lipinski definition) is 4. The van der Waals surface area contributed by atoms with E-state index in [0.717, 1.165) is 12.1 Å². The lowest BCUT2D eigenvalue weighted by molar-refractivity contribution is -0.113. The van der Waals surface area contributed by atoms with E-state index in [-0.39, 0.29) is 17.5 Å². The maximum atomic E-state index is 14.0. The predicted molar refractivity (Wildman–Crippen MR) is 111 cm³/mol. The lowest BCUT2D eigenvalue weighted by Crippen LogP contribution is -2.14. The van der Waals surface area contributed by atoms with Crippen molar-refractivity contribution in [3.05, 3.63) is 59.9 Å². The quantitative estimate of drug-likeness (QED) is 0.577. The van der Waals surface area contributed by atoms with Crippen molar-refractivity contribution in [2.24, 2.45) is 7.05 Å². The number of carbonyl (C=O) groups excluding carboxylic acids is 1. The summed E-state index contributed by atoms with van der Waals surface area (Å²) in [6, 6.07) is 14.3. The molecule has 1 amide bonds. The van der Waals surface area contributed by atoms with Crippen LogP contribution in [0.3, 0.4) is 0 Å². The number of halogens is 1. The van der Waals surface area contributed by atoms with Gasteiger partial charge in [0.1, 0.15) is 5.82 Å². The normalized spacial score (nSPS) is 12.0. The van der Waals surface area contributed by atoms with Crippen LogP contribution >= 0.6 is 11.8 Å². The molecule has 0 fully saturated rings. The molecule has 0 saturated heterocycles. The molecule has 146 valence electrons. The molecular formula is C21H23FN4OS. The second-order valence-corrected chi connectivity index (χ2v) is 7.56. The Kier molecular flexibility index (Phi) is 6.46. The minimum atomic E-state index is -0.354. The Balaban J connectivity index is 1.60. The van der Waals surface area contributed by atoms with E-state index in [2.05, 4.69) is 29.4 Å². The van der Waals surface area contributed by atoms with Gasteiger partial charge in [0.05, 0.1) is 11.3 Å². The molecule has 1 N–H and O–H groups in total. The van der Waals surface area contributed by atoms with Gasteiger partial charge in [-0.25, -0.2) is 4.39 Å². The highest BCUT2D eigenvalue weighted by Crippen LogP contribution is 2.25. The largest absolute Gasteiger partial charge is 0.325 e. The Labute approximate surface area is 168 Å². The van der Waals surface area contributed by atoms with Crippen molar-refractivity contribution in [1.29, 1.82) is 0 Å². The van der Waals surface area contributed by atoms with E-state index >= 15 is 0 Å². The summed E-state index contributed by atoms with van der Waals surface area (Å²) in [5.41, 5.74) is 2.41. The molecular weight excluding hydrogens is 375 g/mol. The highest BCUT2D eigenvalue weighted by Gasteiger charge is 2.15. The summed E-state index contributed by atoms with van der Waals surface area (Å²) in [4.78, 5) is 12.3. The Hall–Kier alpha value is -2.67. The first kappa shape index (κ1) is 20.1. The minimum absolute atomic E-state index is 0.128.